The number of hydrogen-bond donors (Lipinski definition) is 2. The van der Waals surface area contributed by atoms with Gasteiger partial charge < -0.3 is 10.6 Å². The van der Waals surface area contributed by atoms with Crippen LogP contribution in [0.25, 0.3) is 0 Å². The van der Waals surface area contributed by atoms with Crippen LogP contribution in [0.4, 0.5) is 11.4 Å². The zero-order valence-electron chi connectivity index (χ0n) is 20.9. The molecule has 6 nitrogen and oxygen atoms in total. The maximum atomic E-state index is 13.0. The summed E-state index contributed by atoms with van der Waals surface area (Å²) in [5.74, 6) is 0.0578. The lowest BCUT2D eigenvalue weighted by Gasteiger charge is -2.23. The summed E-state index contributed by atoms with van der Waals surface area (Å²) in [5.41, 5.74) is 3.08. The lowest BCUT2D eigenvalue weighted by Crippen LogP contribution is -2.22. The summed E-state index contributed by atoms with van der Waals surface area (Å²) < 4.78 is 24.9. The lowest BCUT2D eigenvalue weighted by molar-refractivity contribution is -0.115. The molecule has 188 valence electrons. The van der Waals surface area contributed by atoms with Crippen LogP contribution in [0.3, 0.4) is 0 Å². The Kier molecular flexibility index (Phi) is 7.31. The van der Waals surface area contributed by atoms with Crippen LogP contribution < -0.4 is 10.6 Å². The number of carbonyl (C=O) groups excluding carboxylic acids is 2. The first-order valence-electron chi connectivity index (χ1n) is 12.1. The van der Waals surface area contributed by atoms with E-state index in [1.807, 2.05) is 57.2 Å². The fourth-order valence-electron chi connectivity index (χ4n) is 4.06. The van der Waals surface area contributed by atoms with Gasteiger partial charge in [0.05, 0.1) is 17.1 Å². The van der Waals surface area contributed by atoms with E-state index in [2.05, 4.69) is 10.6 Å². The number of rotatable bonds is 8. The molecule has 1 aliphatic rings. The third-order valence-electron chi connectivity index (χ3n) is 6.19. The van der Waals surface area contributed by atoms with Crippen LogP contribution in [0.15, 0.2) is 77.7 Å². The first-order chi connectivity index (χ1) is 17.0. The molecule has 0 saturated heterocycles. The van der Waals surface area contributed by atoms with Crippen molar-refractivity contribution in [3.05, 3.63) is 89.5 Å². The molecule has 0 radical (unpaired) electrons. The number of amides is 2. The molecule has 1 saturated carbocycles. The second kappa shape index (κ2) is 10.3. The Hall–Kier alpha value is -3.45. The van der Waals surface area contributed by atoms with E-state index in [1.54, 1.807) is 36.4 Å². The Morgan fingerprint density at radius 1 is 0.861 bits per heavy atom. The molecule has 3 aromatic rings. The van der Waals surface area contributed by atoms with Gasteiger partial charge in [-0.1, -0.05) is 51.1 Å². The van der Waals surface area contributed by atoms with Gasteiger partial charge >= 0.3 is 0 Å². The molecule has 0 bridgehead atoms. The maximum absolute atomic E-state index is 13.0. The Bertz CT molecular complexity index is 1350. The summed E-state index contributed by atoms with van der Waals surface area (Å²) in [5, 5.41) is 5.83. The zero-order valence-corrected chi connectivity index (χ0v) is 21.7. The van der Waals surface area contributed by atoms with Crippen LogP contribution >= 0.6 is 0 Å². The van der Waals surface area contributed by atoms with E-state index in [0.29, 0.717) is 21.8 Å². The number of carbonyl (C=O) groups is 2. The second-order valence-corrected chi connectivity index (χ2v) is 12.5. The van der Waals surface area contributed by atoms with Gasteiger partial charge in [-0.2, -0.15) is 0 Å². The summed E-state index contributed by atoms with van der Waals surface area (Å²) in [7, 11) is -3.27. The van der Waals surface area contributed by atoms with E-state index >= 15 is 0 Å². The first-order valence-corrected chi connectivity index (χ1v) is 13.8. The van der Waals surface area contributed by atoms with Crippen molar-refractivity contribution in [2.75, 3.05) is 16.4 Å². The number of benzene rings is 3. The van der Waals surface area contributed by atoms with Gasteiger partial charge in [0.2, 0.25) is 5.91 Å². The molecule has 3 aromatic carbocycles. The third kappa shape index (κ3) is 6.61. The maximum Gasteiger partial charge on any atom is 0.255 e. The normalized spacial score (nSPS) is 13.8. The quantitative estimate of drug-likeness (QED) is 0.418. The Morgan fingerprint density at radius 3 is 2.14 bits per heavy atom. The van der Waals surface area contributed by atoms with Crippen LogP contribution in [-0.2, 0) is 26.5 Å². The third-order valence-corrected chi connectivity index (χ3v) is 8.09. The average molecular weight is 505 g/mol. The molecule has 7 heteroatoms. The second-order valence-electron chi connectivity index (χ2n) is 10.4. The average Bonchev–Trinajstić information content (AvgIpc) is 3.62. The molecule has 0 atom stereocenters. The molecule has 2 N–H and O–H groups in total. The number of nitrogens with one attached hydrogen (secondary N) is 2. The van der Waals surface area contributed by atoms with Gasteiger partial charge in [-0.05, 0) is 77.8 Å². The Morgan fingerprint density at radius 2 is 1.53 bits per heavy atom. The highest BCUT2D eigenvalue weighted by molar-refractivity contribution is 7.91. The molecule has 0 aromatic heterocycles. The van der Waals surface area contributed by atoms with Crippen molar-refractivity contribution >= 4 is 33.0 Å². The Labute approximate surface area is 213 Å². The highest BCUT2D eigenvalue weighted by atomic mass is 32.2. The molecule has 2 amide bonds. The van der Waals surface area contributed by atoms with Gasteiger partial charge in [0.1, 0.15) is 0 Å². The van der Waals surface area contributed by atoms with Crippen molar-refractivity contribution < 1.29 is 18.0 Å². The van der Waals surface area contributed by atoms with Crippen LogP contribution in [0.5, 0.6) is 0 Å². The number of para-hydroxylation sites is 1. The van der Waals surface area contributed by atoms with E-state index in [-0.39, 0.29) is 35.3 Å². The van der Waals surface area contributed by atoms with Crippen molar-refractivity contribution in [1.29, 1.82) is 0 Å². The highest BCUT2D eigenvalue weighted by Gasteiger charge is 2.29. The molecule has 0 unspecified atom stereocenters. The molecule has 0 spiro atoms. The fourth-order valence-corrected chi connectivity index (χ4v) is 5.75. The van der Waals surface area contributed by atoms with Crippen molar-refractivity contribution in [3.63, 3.8) is 0 Å². The van der Waals surface area contributed by atoms with Crippen LogP contribution in [0.1, 0.15) is 55.1 Å². The van der Waals surface area contributed by atoms with Crippen molar-refractivity contribution in [3.8, 4) is 0 Å². The van der Waals surface area contributed by atoms with Crippen LogP contribution in [-0.4, -0.2) is 26.0 Å². The fraction of sp³-hybridized carbons (Fsp3) is 0.310. The summed E-state index contributed by atoms with van der Waals surface area (Å²) in [6.07, 6.45) is 2.07. The smallest absolute Gasteiger partial charge is 0.255 e. The van der Waals surface area contributed by atoms with E-state index in [0.717, 1.165) is 24.0 Å². The number of hydrogen-bond acceptors (Lipinski definition) is 4. The monoisotopic (exact) mass is 504 g/mol. The largest absolute Gasteiger partial charge is 0.326 e. The predicted octanol–water partition coefficient (Wildman–Crippen LogP) is 5.60. The minimum absolute atomic E-state index is 0.115. The van der Waals surface area contributed by atoms with E-state index in [4.69, 9.17) is 0 Å². The topological polar surface area (TPSA) is 92.3 Å². The van der Waals surface area contributed by atoms with Crippen molar-refractivity contribution in [2.24, 2.45) is 5.92 Å². The van der Waals surface area contributed by atoms with Crippen molar-refractivity contribution in [1.82, 2.24) is 0 Å². The van der Waals surface area contributed by atoms with E-state index in [1.165, 1.54) is 0 Å². The van der Waals surface area contributed by atoms with Gasteiger partial charge in [0, 0.05) is 16.9 Å². The van der Waals surface area contributed by atoms with E-state index in [9.17, 15) is 18.0 Å². The summed E-state index contributed by atoms with van der Waals surface area (Å²) in [6, 6.07) is 21.1. The Balaban J connectivity index is 1.45. The summed E-state index contributed by atoms with van der Waals surface area (Å²) in [6.45, 7) is 6.06. The number of anilines is 2. The standard InChI is InChI=1S/C29H32N2O4S/c1-29(2,3)26-18-23(13-16-25(26)28(33)31-22-7-5-4-6-8-22)30-27(32)17-20-11-14-24(15-12-20)36(34,35)19-21-9-10-21/h4-8,11-16,18,21H,9-10,17,19H2,1-3H3,(H,30,32)(H,31,33). The number of sulfone groups is 1. The minimum Gasteiger partial charge on any atom is -0.326 e. The van der Waals surface area contributed by atoms with Crippen LogP contribution in [0.2, 0.25) is 0 Å². The summed E-state index contributed by atoms with van der Waals surface area (Å²) in [4.78, 5) is 26.0. The molecular formula is C29H32N2O4S. The van der Waals surface area contributed by atoms with Gasteiger partial charge in [-0.3, -0.25) is 9.59 Å². The van der Waals surface area contributed by atoms with Gasteiger partial charge in [0.25, 0.3) is 5.91 Å². The van der Waals surface area contributed by atoms with Crippen LogP contribution in [0, 0.1) is 5.92 Å². The molecular weight excluding hydrogens is 472 g/mol. The molecule has 1 fully saturated rings. The van der Waals surface area contributed by atoms with Gasteiger partial charge in [-0.15, -0.1) is 0 Å². The lowest BCUT2D eigenvalue weighted by atomic mass is 9.83. The van der Waals surface area contributed by atoms with Gasteiger partial charge in [-0.25, -0.2) is 8.42 Å². The predicted molar refractivity (Wildman–Crippen MR) is 143 cm³/mol. The SMILES string of the molecule is CC(C)(C)c1cc(NC(=O)Cc2ccc(S(=O)(=O)CC3CC3)cc2)ccc1C(=O)Nc1ccccc1. The first kappa shape index (κ1) is 25.6. The zero-order chi connectivity index (χ0) is 25.9. The molecule has 36 heavy (non-hydrogen) atoms. The molecule has 4 rings (SSSR count). The summed E-state index contributed by atoms with van der Waals surface area (Å²) >= 11 is 0. The highest BCUT2D eigenvalue weighted by Crippen LogP contribution is 2.32. The molecule has 0 aliphatic heterocycles. The van der Waals surface area contributed by atoms with Crippen molar-refractivity contribution in [2.45, 2.75) is 50.3 Å². The minimum atomic E-state index is -3.27. The molecule has 0 heterocycles. The van der Waals surface area contributed by atoms with Gasteiger partial charge in [0.15, 0.2) is 9.84 Å². The molecule has 1 aliphatic carbocycles. The van der Waals surface area contributed by atoms with E-state index < -0.39 is 9.84 Å².